The summed E-state index contributed by atoms with van der Waals surface area (Å²) in [6.07, 6.45) is 4.71. The van der Waals surface area contributed by atoms with Gasteiger partial charge >= 0.3 is 0 Å². The van der Waals surface area contributed by atoms with Crippen molar-refractivity contribution >= 4 is 17.7 Å². The molecule has 1 amide bonds. The number of thioether (sulfide) groups is 1. The van der Waals surface area contributed by atoms with E-state index in [1.807, 2.05) is 18.7 Å². The minimum atomic E-state index is -0.437. The fourth-order valence-corrected chi connectivity index (χ4v) is 3.48. The largest absolute Gasteiger partial charge is 0.368 e. The first-order valence-electron chi connectivity index (χ1n) is 6.30. The first kappa shape index (κ1) is 13.8. The summed E-state index contributed by atoms with van der Waals surface area (Å²) in [6, 6.07) is 0. The van der Waals surface area contributed by atoms with E-state index < -0.39 is 5.54 Å². The Morgan fingerprint density at radius 3 is 2.62 bits per heavy atom. The van der Waals surface area contributed by atoms with Crippen LogP contribution >= 0.6 is 11.8 Å². The minimum absolute atomic E-state index is 0.166. The number of likely N-dealkylation sites (N-methyl/N-ethyl adjacent to an activating group) is 1. The maximum Gasteiger partial charge on any atom is 0.238 e. The molecule has 16 heavy (non-hydrogen) atoms. The van der Waals surface area contributed by atoms with E-state index in [9.17, 15) is 4.79 Å². The summed E-state index contributed by atoms with van der Waals surface area (Å²) in [4.78, 5) is 11.7. The summed E-state index contributed by atoms with van der Waals surface area (Å²) in [6.45, 7) is 5.04. The third kappa shape index (κ3) is 3.39. The molecule has 0 aromatic carbocycles. The molecule has 0 heterocycles. The van der Waals surface area contributed by atoms with Gasteiger partial charge < -0.3 is 11.1 Å². The number of rotatable bonds is 9. The zero-order chi connectivity index (χ0) is 12.0. The van der Waals surface area contributed by atoms with E-state index in [1.165, 1.54) is 12.8 Å². The lowest BCUT2D eigenvalue weighted by Gasteiger charge is -2.31. The molecule has 1 fully saturated rings. The van der Waals surface area contributed by atoms with Crippen LogP contribution in [0.2, 0.25) is 0 Å². The van der Waals surface area contributed by atoms with Gasteiger partial charge in [0, 0.05) is 5.75 Å². The van der Waals surface area contributed by atoms with Crippen LogP contribution in [0, 0.1) is 5.92 Å². The second-order valence-corrected chi connectivity index (χ2v) is 5.65. The molecule has 0 radical (unpaired) electrons. The van der Waals surface area contributed by atoms with Crippen LogP contribution in [-0.2, 0) is 4.79 Å². The monoisotopic (exact) mass is 244 g/mol. The van der Waals surface area contributed by atoms with E-state index in [2.05, 4.69) is 12.2 Å². The normalized spacial score (nSPS) is 19.4. The van der Waals surface area contributed by atoms with Gasteiger partial charge in [-0.1, -0.05) is 20.3 Å². The molecule has 0 aromatic heterocycles. The number of nitrogens with one attached hydrogen (secondary N) is 1. The van der Waals surface area contributed by atoms with Gasteiger partial charge in [-0.15, -0.1) is 0 Å². The van der Waals surface area contributed by atoms with Gasteiger partial charge in [0.2, 0.25) is 5.91 Å². The molecule has 1 saturated carbocycles. The average Bonchev–Trinajstić information content (AvgIpc) is 3.06. The van der Waals surface area contributed by atoms with E-state index in [-0.39, 0.29) is 5.91 Å². The van der Waals surface area contributed by atoms with E-state index >= 15 is 0 Å². The molecule has 3 N–H and O–H groups in total. The van der Waals surface area contributed by atoms with Crippen molar-refractivity contribution in [1.82, 2.24) is 5.32 Å². The van der Waals surface area contributed by atoms with Crippen LogP contribution in [0.15, 0.2) is 0 Å². The first-order chi connectivity index (χ1) is 7.67. The Kier molecular flexibility index (Phi) is 5.62. The van der Waals surface area contributed by atoms with Crippen LogP contribution in [0.3, 0.4) is 0 Å². The molecule has 0 spiro atoms. The number of carbonyl (C=O) groups excluding carboxylic acids is 1. The standard InChI is InChI=1S/C12H24N2OS/c1-3-5-8-16-9-12(11(13)15,14-4-2)10-6-7-10/h10,14H,3-9H2,1-2H3,(H2,13,15). The van der Waals surface area contributed by atoms with E-state index in [0.717, 1.165) is 30.9 Å². The van der Waals surface area contributed by atoms with Crippen molar-refractivity contribution < 1.29 is 4.79 Å². The SMILES string of the molecule is CCCCSCC(NCC)(C(N)=O)C1CC1. The quantitative estimate of drug-likeness (QED) is 0.608. The summed E-state index contributed by atoms with van der Waals surface area (Å²) in [7, 11) is 0. The zero-order valence-electron chi connectivity index (χ0n) is 10.4. The summed E-state index contributed by atoms with van der Waals surface area (Å²) >= 11 is 1.86. The van der Waals surface area contributed by atoms with Gasteiger partial charge in [-0.2, -0.15) is 11.8 Å². The fourth-order valence-electron chi connectivity index (χ4n) is 2.04. The summed E-state index contributed by atoms with van der Waals surface area (Å²) < 4.78 is 0. The third-order valence-electron chi connectivity index (χ3n) is 3.18. The van der Waals surface area contributed by atoms with Gasteiger partial charge in [0.15, 0.2) is 0 Å². The van der Waals surface area contributed by atoms with Crippen LogP contribution < -0.4 is 11.1 Å². The highest BCUT2D eigenvalue weighted by Crippen LogP contribution is 2.41. The maximum atomic E-state index is 11.7. The summed E-state index contributed by atoms with van der Waals surface area (Å²) in [5.41, 5.74) is 5.16. The second kappa shape index (κ2) is 6.50. The second-order valence-electron chi connectivity index (χ2n) is 4.55. The molecule has 3 nitrogen and oxygen atoms in total. The molecule has 0 aliphatic heterocycles. The van der Waals surface area contributed by atoms with Crippen molar-refractivity contribution in [3.63, 3.8) is 0 Å². The molecular weight excluding hydrogens is 220 g/mol. The van der Waals surface area contributed by atoms with Crippen molar-refractivity contribution in [1.29, 1.82) is 0 Å². The highest BCUT2D eigenvalue weighted by molar-refractivity contribution is 7.99. The van der Waals surface area contributed by atoms with Crippen LogP contribution in [0.5, 0.6) is 0 Å². The first-order valence-corrected chi connectivity index (χ1v) is 7.45. The van der Waals surface area contributed by atoms with Crippen molar-refractivity contribution in [2.24, 2.45) is 11.7 Å². The van der Waals surface area contributed by atoms with Gasteiger partial charge in [0.25, 0.3) is 0 Å². The molecule has 94 valence electrons. The van der Waals surface area contributed by atoms with E-state index in [0.29, 0.717) is 5.92 Å². The zero-order valence-corrected chi connectivity index (χ0v) is 11.2. The van der Waals surface area contributed by atoms with Gasteiger partial charge in [-0.05, 0) is 37.5 Å². The Labute approximate surface area is 103 Å². The predicted octanol–water partition coefficient (Wildman–Crippen LogP) is 1.76. The Morgan fingerprint density at radius 2 is 2.19 bits per heavy atom. The molecule has 1 aliphatic rings. The number of hydrogen-bond acceptors (Lipinski definition) is 3. The van der Waals surface area contributed by atoms with Crippen LogP contribution in [0.4, 0.5) is 0 Å². The fraction of sp³-hybridized carbons (Fsp3) is 0.917. The smallest absolute Gasteiger partial charge is 0.238 e. The van der Waals surface area contributed by atoms with Gasteiger partial charge in [-0.3, -0.25) is 4.79 Å². The summed E-state index contributed by atoms with van der Waals surface area (Å²) in [5, 5.41) is 3.34. The lowest BCUT2D eigenvalue weighted by Crippen LogP contribution is -2.59. The molecule has 4 heteroatoms. The van der Waals surface area contributed by atoms with Crippen LogP contribution in [0.1, 0.15) is 39.5 Å². The van der Waals surface area contributed by atoms with Crippen molar-refractivity contribution in [3.8, 4) is 0 Å². The number of primary amides is 1. The highest BCUT2D eigenvalue weighted by atomic mass is 32.2. The van der Waals surface area contributed by atoms with Crippen LogP contribution in [0.25, 0.3) is 0 Å². The number of hydrogen-bond donors (Lipinski definition) is 2. The van der Waals surface area contributed by atoms with Crippen molar-refractivity contribution in [3.05, 3.63) is 0 Å². The topological polar surface area (TPSA) is 55.1 Å². The number of carbonyl (C=O) groups is 1. The molecule has 0 bridgehead atoms. The molecular formula is C12H24N2OS. The Hall–Kier alpha value is -0.220. The number of amides is 1. The maximum absolute atomic E-state index is 11.7. The Morgan fingerprint density at radius 1 is 1.50 bits per heavy atom. The van der Waals surface area contributed by atoms with Gasteiger partial charge in [0.1, 0.15) is 5.54 Å². The lowest BCUT2D eigenvalue weighted by atomic mass is 9.94. The molecule has 1 atom stereocenters. The molecule has 1 rings (SSSR count). The summed E-state index contributed by atoms with van der Waals surface area (Å²) in [5.74, 6) is 2.27. The van der Waals surface area contributed by atoms with Crippen molar-refractivity contribution in [2.75, 3.05) is 18.1 Å². The number of unbranched alkanes of at least 4 members (excludes halogenated alkanes) is 1. The van der Waals surface area contributed by atoms with Gasteiger partial charge in [0.05, 0.1) is 0 Å². The van der Waals surface area contributed by atoms with E-state index in [4.69, 9.17) is 5.73 Å². The molecule has 0 saturated heterocycles. The molecule has 0 aromatic rings. The van der Waals surface area contributed by atoms with Crippen LogP contribution in [-0.4, -0.2) is 29.5 Å². The third-order valence-corrected chi connectivity index (χ3v) is 4.41. The number of nitrogens with two attached hydrogens (primary N) is 1. The van der Waals surface area contributed by atoms with E-state index in [1.54, 1.807) is 0 Å². The average molecular weight is 244 g/mol. The predicted molar refractivity (Wildman–Crippen MR) is 70.6 cm³/mol. The van der Waals surface area contributed by atoms with Crippen molar-refractivity contribution in [2.45, 2.75) is 45.1 Å². The van der Waals surface area contributed by atoms with Gasteiger partial charge in [-0.25, -0.2) is 0 Å². The molecule has 1 unspecified atom stereocenters. The minimum Gasteiger partial charge on any atom is -0.368 e. The highest BCUT2D eigenvalue weighted by Gasteiger charge is 2.48. The molecule has 1 aliphatic carbocycles. The Balaban J connectivity index is 2.50. The Bertz CT molecular complexity index is 231. The lowest BCUT2D eigenvalue weighted by molar-refractivity contribution is -0.124.